The van der Waals surface area contributed by atoms with E-state index in [9.17, 15) is 14.7 Å². The minimum atomic E-state index is -1.27. The fourth-order valence-electron chi connectivity index (χ4n) is 2.40. The van der Waals surface area contributed by atoms with Crippen LogP contribution in [0.25, 0.3) is 6.08 Å². The summed E-state index contributed by atoms with van der Waals surface area (Å²) in [5.41, 5.74) is 4.19. The number of aliphatic hydroxyl groups excluding tert-OH is 2. The number of hydrogen-bond acceptors (Lipinski definition) is 5. The lowest BCUT2D eigenvalue weighted by Gasteiger charge is -2.19. The molecule has 2 rings (SSSR count). The molecule has 0 aromatic heterocycles. The number of carbonyl (C=O) groups is 2. The Morgan fingerprint density at radius 2 is 1.76 bits per heavy atom. The molecule has 0 fully saturated rings. The number of nitrogens with one attached hydrogen (secondary N) is 2. The van der Waals surface area contributed by atoms with Crippen LogP contribution in [0.5, 0.6) is 0 Å². The van der Waals surface area contributed by atoms with E-state index >= 15 is 0 Å². The summed E-state index contributed by atoms with van der Waals surface area (Å²) in [4.78, 5) is 23.7. The average molecular weight is 394 g/mol. The van der Waals surface area contributed by atoms with E-state index in [1.165, 1.54) is 12.4 Å². The third-order valence-electron chi connectivity index (χ3n) is 4.05. The van der Waals surface area contributed by atoms with Gasteiger partial charge in [-0.15, -0.1) is 0 Å². The Hall–Kier alpha value is -3.44. The summed E-state index contributed by atoms with van der Waals surface area (Å²) >= 11 is 0. The van der Waals surface area contributed by atoms with Gasteiger partial charge >= 0.3 is 0 Å². The van der Waals surface area contributed by atoms with Crippen molar-refractivity contribution in [1.82, 2.24) is 10.8 Å². The molecule has 2 aromatic rings. The van der Waals surface area contributed by atoms with Crippen LogP contribution in [0.15, 0.2) is 54.6 Å². The summed E-state index contributed by atoms with van der Waals surface area (Å²) in [7, 11) is 0. The zero-order chi connectivity index (χ0) is 21.2. The second-order valence-corrected chi connectivity index (χ2v) is 6.25. The largest absolute Gasteiger partial charge is 0.392 e. The zero-order valence-electron chi connectivity index (χ0n) is 15.8. The highest BCUT2D eigenvalue weighted by Crippen LogP contribution is 2.07. The van der Waals surface area contributed by atoms with Gasteiger partial charge in [-0.3, -0.25) is 14.8 Å². The number of amides is 2. The standard InChI is InChI=1S/C22H22N2O5/c1-15(26)20(22(28)24-29)23-21(27)19-12-10-17(11-13-19)5-3-2-4-16-6-8-18(14-25)9-7-16/h2,4,6-13,15,20,25-26,29H,14H2,1H3,(H,23,27)(H,24,28)/b4-2+/t15-,20-/m0/s1. The van der Waals surface area contributed by atoms with Gasteiger partial charge in [-0.1, -0.05) is 36.1 Å². The van der Waals surface area contributed by atoms with Crippen LogP contribution in [0.4, 0.5) is 0 Å². The molecular weight excluding hydrogens is 372 g/mol. The van der Waals surface area contributed by atoms with Gasteiger partial charge in [-0.25, -0.2) is 5.48 Å². The fraction of sp³-hybridized carbons (Fsp3) is 0.182. The Morgan fingerprint density at radius 1 is 1.10 bits per heavy atom. The summed E-state index contributed by atoms with van der Waals surface area (Å²) < 4.78 is 0. The molecule has 2 aromatic carbocycles. The van der Waals surface area contributed by atoms with Crippen LogP contribution in [0.3, 0.4) is 0 Å². The van der Waals surface area contributed by atoms with Gasteiger partial charge in [0.2, 0.25) is 0 Å². The first-order chi connectivity index (χ1) is 13.9. The highest BCUT2D eigenvalue weighted by molar-refractivity contribution is 5.97. The molecule has 0 aliphatic heterocycles. The molecule has 0 aliphatic rings. The second kappa shape index (κ2) is 10.8. The van der Waals surface area contributed by atoms with Crippen molar-refractivity contribution in [3.8, 4) is 11.8 Å². The highest BCUT2D eigenvalue weighted by Gasteiger charge is 2.25. The number of hydrogen-bond donors (Lipinski definition) is 5. The van der Waals surface area contributed by atoms with E-state index in [2.05, 4.69) is 17.2 Å². The SMILES string of the molecule is C[C@H](O)[C@H](NC(=O)c1ccc(C#C/C=C/c2ccc(CO)cc2)cc1)C(=O)NO. The van der Waals surface area contributed by atoms with Gasteiger partial charge in [-0.05, 0) is 54.5 Å². The van der Waals surface area contributed by atoms with E-state index in [4.69, 9.17) is 10.3 Å². The van der Waals surface area contributed by atoms with E-state index in [1.807, 2.05) is 30.3 Å². The predicted molar refractivity (Wildman–Crippen MR) is 108 cm³/mol. The van der Waals surface area contributed by atoms with Crippen LogP contribution in [0.1, 0.15) is 34.0 Å². The number of hydroxylamine groups is 1. The topological polar surface area (TPSA) is 119 Å². The Balaban J connectivity index is 1.99. The molecule has 0 saturated carbocycles. The van der Waals surface area contributed by atoms with Crippen molar-refractivity contribution in [3.05, 3.63) is 76.9 Å². The van der Waals surface area contributed by atoms with Crippen molar-refractivity contribution in [2.75, 3.05) is 0 Å². The number of aliphatic hydroxyl groups is 2. The summed E-state index contributed by atoms with van der Waals surface area (Å²) in [6.07, 6.45) is 2.37. The first-order valence-corrected chi connectivity index (χ1v) is 8.85. The zero-order valence-corrected chi connectivity index (χ0v) is 15.8. The normalized spacial score (nSPS) is 12.6. The lowest BCUT2D eigenvalue weighted by Crippen LogP contribution is -2.51. The molecule has 2 amide bonds. The minimum absolute atomic E-state index is 0.00608. The van der Waals surface area contributed by atoms with Crippen LogP contribution in [-0.4, -0.2) is 39.4 Å². The van der Waals surface area contributed by atoms with Crippen molar-refractivity contribution in [3.63, 3.8) is 0 Å². The Labute approximate surface area is 168 Å². The van der Waals surface area contributed by atoms with Crippen molar-refractivity contribution in [1.29, 1.82) is 0 Å². The van der Waals surface area contributed by atoms with E-state index in [-0.39, 0.29) is 12.2 Å². The van der Waals surface area contributed by atoms with Gasteiger partial charge in [0.25, 0.3) is 11.8 Å². The van der Waals surface area contributed by atoms with E-state index in [1.54, 1.807) is 30.3 Å². The molecule has 7 heteroatoms. The van der Waals surface area contributed by atoms with Crippen LogP contribution >= 0.6 is 0 Å². The molecule has 150 valence electrons. The summed E-state index contributed by atoms with van der Waals surface area (Å²) in [5, 5.41) is 29.6. The van der Waals surface area contributed by atoms with Crippen LogP contribution in [0.2, 0.25) is 0 Å². The van der Waals surface area contributed by atoms with Gasteiger partial charge in [0.05, 0.1) is 12.7 Å². The summed E-state index contributed by atoms with van der Waals surface area (Å²) in [6.45, 7) is 1.33. The molecule has 0 spiro atoms. The highest BCUT2D eigenvalue weighted by atomic mass is 16.5. The summed E-state index contributed by atoms with van der Waals surface area (Å²) in [6, 6.07) is 12.6. The number of carbonyl (C=O) groups excluding carboxylic acids is 2. The fourth-order valence-corrected chi connectivity index (χ4v) is 2.40. The molecule has 0 radical (unpaired) electrons. The molecular formula is C22H22N2O5. The molecule has 0 bridgehead atoms. The molecule has 0 heterocycles. The Kier molecular flexibility index (Phi) is 8.12. The maximum atomic E-state index is 12.2. The molecule has 0 saturated heterocycles. The molecule has 2 atom stereocenters. The molecule has 0 unspecified atom stereocenters. The minimum Gasteiger partial charge on any atom is -0.392 e. The van der Waals surface area contributed by atoms with E-state index in [0.29, 0.717) is 5.56 Å². The van der Waals surface area contributed by atoms with Gasteiger partial charge < -0.3 is 15.5 Å². The van der Waals surface area contributed by atoms with E-state index < -0.39 is 24.0 Å². The van der Waals surface area contributed by atoms with E-state index in [0.717, 1.165) is 11.1 Å². The summed E-state index contributed by atoms with van der Waals surface area (Å²) in [5.74, 6) is 4.37. The van der Waals surface area contributed by atoms with Gasteiger partial charge in [-0.2, -0.15) is 0 Å². The first kappa shape index (κ1) is 21.9. The molecule has 29 heavy (non-hydrogen) atoms. The lowest BCUT2D eigenvalue weighted by molar-refractivity contribution is -0.133. The monoisotopic (exact) mass is 394 g/mol. The quantitative estimate of drug-likeness (QED) is 0.287. The van der Waals surface area contributed by atoms with Gasteiger partial charge in [0, 0.05) is 11.1 Å². The Bertz CT molecular complexity index is 922. The third kappa shape index (κ3) is 6.59. The van der Waals surface area contributed by atoms with Gasteiger partial charge in [0.15, 0.2) is 0 Å². The van der Waals surface area contributed by atoms with Gasteiger partial charge in [0.1, 0.15) is 6.04 Å². The van der Waals surface area contributed by atoms with Crippen molar-refractivity contribution < 1.29 is 25.0 Å². The molecule has 7 nitrogen and oxygen atoms in total. The van der Waals surface area contributed by atoms with Crippen molar-refractivity contribution in [2.45, 2.75) is 25.7 Å². The molecule has 5 N–H and O–H groups in total. The average Bonchev–Trinajstić information content (AvgIpc) is 2.75. The number of allylic oxidation sites excluding steroid dienone is 1. The molecule has 0 aliphatic carbocycles. The predicted octanol–water partition coefficient (Wildman–Crippen LogP) is 1.23. The third-order valence-corrected chi connectivity index (χ3v) is 4.05. The number of benzene rings is 2. The maximum Gasteiger partial charge on any atom is 0.268 e. The van der Waals surface area contributed by atoms with Crippen LogP contribution < -0.4 is 10.8 Å². The first-order valence-electron chi connectivity index (χ1n) is 8.85. The van der Waals surface area contributed by atoms with Crippen molar-refractivity contribution in [2.24, 2.45) is 0 Å². The number of rotatable bonds is 6. The smallest absolute Gasteiger partial charge is 0.268 e. The van der Waals surface area contributed by atoms with Crippen molar-refractivity contribution >= 4 is 17.9 Å². The lowest BCUT2D eigenvalue weighted by atomic mass is 10.1. The Morgan fingerprint density at radius 3 is 2.31 bits per heavy atom. The maximum absolute atomic E-state index is 12.2. The van der Waals surface area contributed by atoms with Crippen LogP contribution in [0, 0.1) is 11.8 Å². The second-order valence-electron chi connectivity index (χ2n) is 6.25. The van der Waals surface area contributed by atoms with Crippen LogP contribution in [-0.2, 0) is 11.4 Å².